The number of hydrogen-bond donors (Lipinski definition) is 1. The normalized spacial score (nSPS) is 35.1. The molecule has 0 spiro atoms. The van der Waals surface area contributed by atoms with Crippen LogP contribution >= 0.6 is 0 Å². The molecule has 0 bridgehead atoms. The van der Waals surface area contributed by atoms with E-state index in [9.17, 15) is 5.11 Å². The van der Waals surface area contributed by atoms with Crippen LogP contribution in [-0.4, -0.2) is 64.6 Å². The Morgan fingerprint density at radius 2 is 1.16 bits per heavy atom. The highest BCUT2D eigenvalue weighted by Gasteiger charge is 2.56. The van der Waals surface area contributed by atoms with E-state index in [-0.39, 0.29) is 35.7 Å². The molecular formula is C30H42O6Si. The maximum Gasteiger partial charge on any atom is 0.261 e. The maximum atomic E-state index is 9.36. The van der Waals surface area contributed by atoms with Crippen molar-refractivity contribution in [1.29, 1.82) is 0 Å². The molecule has 4 aliphatic rings. The van der Waals surface area contributed by atoms with Gasteiger partial charge in [0.25, 0.3) is 8.32 Å². The summed E-state index contributed by atoms with van der Waals surface area (Å²) in [6.07, 6.45) is -0.463. The fourth-order valence-electron chi connectivity index (χ4n) is 6.53. The molecule has 6 rings (SSSR count). The Morgan fingerprint density at radius 1 is 0.703 bits per heavy atom. The minimum Gasteiger partial charge on any atom is -0.402 e. The van der Waals surface area contributed by atoms with Crippen LogP contribution in [0.2, 0.25) is 5.04 Å². The van der Waals surface area contributed by atoms with Crippen LogP contribution in [0.3, 0.4) is 0 Å². The first-order valence-electron chi connectivity index (χ1n) is 13.7. The lowest BCUT2D eigenvalue weighted by Gasteiger charge is -2.45. The lowest BCUT2D eigenvalue weighted by Crippen LogP contribution is -2.68. The van der Waals surface area contributed by atoms with Crippen molar-refractivity contribution in [2.45, 2.75) is 64.4 Å². The second-order valence-corrected chi connectivity index (χ2v) is 16.3. The lowest BCUT2D eigenvalue weighted by atomic mass is 9.93. The summed E-state index contributed by atoms with van der Waals surface area (Å²) < 4.78 is 29.5. The summed E-state index contributed by atoms with van der Waals surface area (Å²) in [5.41, 5.74) is 0. The van der Waals surface area contributed by atoms with Gasteiger partial charge in [0.1, 0.15) is 0 Å². The molecule has 0 aromatic heterocycles. The minimum atomic E-state index is -2.54. The maximum absolute atomic E-state index is 9.36. The first kappa shape index (κ1) is 27.0. The van der Waals surface area contributed by atoms with E-state index in [0.717, 1.165) is 13.2 Å². The van der Waals surface area contributed by atoms with Gasteiger partial charge in [-0.15, -0.1) is 0 Å². The zero-order valence-electron chi connectivity index (χ0n) is 22.7. The fraction of sp³-hybridized carbons (Fsp3) is 0.600. The predicted octanol–water partition coefficient (Wildman–Crippen LogP) is 3.56. The molecule has 0 radical (unpaired) electrons. The average Bonchev–Trinajstić information content (AvgIpc) is 3.65. The highest BCUT2D eigenvalue weighted by molar-refractivity contribution is 6.99. The van der Waals surface area contributed by atoms with E-state index in [1.807, 2.05) is 0 Å². The minimum absolute atomic E-state index is 0.0174. The molecule has 202 valence electrons. The van der Waals surface area contributed by atoms with Crippen molar-refractivity contribution in [3.8, 4) is 0 Å². The summed E-state index contributed by atoms with van der Waals surface area (Å²) in [4.78, 5) is 0. The Bertz CT molecular complexity index is 958. The molecule has 2 aromatic rings. The van der Waals surface area contributed by atoms with Gasteiger partial charge in [-0.05, 0) is 27.2 Å². The first-order valence-corrected chi connectivity index (χ1v) is 15.6. The molecule has 0 saturated carbocycles. The largest absolute Gasteiger partial charge is 0.402 e. The second-order valence-electron chi connectivity index (χ2n) is 12.1. The van der Waals surface area contributed by atoms with E-state index in [4.69, 9.17) is 23.4 Å². The van der Waals surface area contributed by atoms with Gasteiger partial charge >= 0.3 is 0 Å². The molecule has 4 fully saturated rings. The van der Waals surface area contributed by atoms with E-state index in [1.165, 1.54) is 10.4 Å². The third kappa shape index (κ3) is 5.08. The Morgan fingerprint density at radius 3 is 1.68 bits per heavy atom. The van der Waals surface area contributed by atoms with Crippen LogP contribution in [0.15, 0.2) is 60.7 Å². The molecule has 7 heteroatoms. The molecule has 1 N–H and O–H groups in total. The molecule has 2 aromatic carbocycles. The molecule has 6 nitrogen and oxygen atoms in total. The number of hydrogen-bond acceptors (Lipinski definition) is 6. The molecule has 8 atom stereocenters. The Hall–Kier alpha value is -1.58. The van der Waals surface area contributed by atoms with Crippen LogP contribution in [0, 0.1) is 23.7 Å². The fourth-order valence-corrected chi connectivity index (χ4v) is 11.2. The number of ether oxygens (including phenoxy) is 4. The molecule has 0 amide bonds. The smallest absolute Gasteiger partial charge is 0.261 e. The zero-order valence-corrected chi connectivity index (χ0v) is 23.7. The van der Waals surface area contributed by atoms with Gasteiger partial charge in [0.05, 0.1) is 38.6 Å². The van der Waals surface area contributed by atoms with Crippen LogP contribution in [0.1, 0.15) is 34.6 Å². The Balaban J connectivity index is 0.000000233. The van der Waals surface area contributed by atoms with Gasteiger partial charge in [0.15, 0.2) is 12.6 Å². The quantitative estimate of drug-likeness (QED) is 0.615. The summed E-state index contributed by atoms with van der Waals surface area (Å²) in [6, 6.07) is 21.6. The molecule has 37 heavy (non-hydrogen) atoms. The van der Waals surface area contributed by atoms with Crippen molar-refractivity contribution in [2.24, 2.45) is 23.7 Å². The molecule has 4 heterocycles. The topological polar surface area (TPSA) is 66.4 Å². The van der Waals surface area contributed by atoms with Crippen molar-refractivity contribution in [3.63, 3.8) is 0 Å². The standard InChI is InChI=1S/C23H30O3Si.C7H12O3/c1-17-15-24-22-21(17)20(16-25-22)26-27(23(2,3)4,18-11-7-5-8-12-18)19-13-9-6-10-14-19;1-4-2-9-7-6(4)5(8)3-10-7/h5-14,17,20-22H,15-16H2,1-4H3;4-8H,2-3H2,1H3/t17-,20-,21+,22-;4-,5-,6+,7-/m00/s1. The number of aliphatic hydroxyl groups excluding tert-OH is 1. The zero-order chi connectivity index (χ0) is 26.2. The van der Waals surface area contributed by atoms with Crippen molar-refractivity contribution < 1.29 is 28.5 Å². The summed E-state index contributed by atoms with van der Waals surface area (Å²) >= 11 is 0. The highest BCUT2D eigenvalue weighted by atomic mass is 28.4. The monoisotopic (exact) mass is 526 g/mol. The van der Waals surface area contributed by atoms with Gasteiger partial charge in [-0.2, -0.15) is 0 Å². The van der Waals surface area contributed by atoms with Crippen molar-refractivity contribution in [2.75, 3.05) is 26.4 Å². The molecule has 0 aliphatic carbocycles. The van der Waals surface area contributed by atoms with Crippen LogP contribution in [0.25, 0.3) is 0 Å². The number of rotatable bonds is 4. The molecule has 4 aliphatic heterocycles. The third-order valence-corrected chi connectivity index (χ3v) is 13.5. The van der Waals surface area contributed by atoms with Gasteiger partial charge in [-0.3, -0.25) is 0 Å². The van der Waals surface area contributed by atoms with Crippen LogP contribution in [-0.2, 0) is 23.4 Å². The van der Waals surface area contributed by atoms with Crippen LogP contribution in [0.4, 0.5) is 0 Å². The third-order valence-electron chi connectivity index (χ3n) is 8.46. The highest BCUT2D eigenvalue weighted by Crippen LogP contribution is 2.43. The van der Waals surface area contributed by atoms with E-state index < -0.39 is 8.32 Å². The van der Waals surface area contributed by atoms with Gasteiger partial charge < -0.3 is 28.5 Å². The van der Waals surface area contributed by atoms with Crippen LogP contribution < -0.4 is 10.4 Å². The molecule has 4 saturated heterocycles. The van der Waals surface area contributed by atoms with Crippen molar-refractivity contribution in [3.05, 3.63) is 60.7 Å². The van der Waals surface area contributed by atoms with E-state index in [0.29, 0.717) is 31.0 Å². The van der Waals surface area contributed by atoms with Gasteiger partial charge in [0.2, 0.25) is 0 Å². The number of fused-ring (bicyclic) bond motifs is 2. The van der Waals surface area contributed by atoms with Gasteiger partial charge in [-0.1, -0.05) is 95.3 Å². The number of benzene rings is 2. The van der Waals surface area contributed by atoms with Gasteiger partial charge in [-0.25, -0.2) is 0 Å². The van der Waals surface area contributed by atoms with Crippen molar-refractivity contribution >= 4 is 18.7 Å². The molecular weight excluding hydrogens is 484 g/mol. The van der Waals surface area contributed by atoms with E-state index in [1.54, 1.807) is 0 Å². The Kier molecular flexibility index (Phi) is 7.94. The van der Waals surface area contributed by atoms with Crippen LogP contribution in [0.5, 0.6) is 0 Å². The predicted molar refractivity (Wildman–Crippen MR) is 145 cm³/mol. The SMILES string of the molecule is C[C@H]1CO[C@H]2OC[C@H](O)[C@H]21.C[C@H]1CO[C@H]2OC[C@H](O[Si](c3ccccc3)(c3ccccc3)C(C)(C)C)[C@H]21. The number of aliphatic hydroxyl groups is 1. The summed E-state index contributed by atoms with van der Waals surface area (Å²) in [6.45, 7) is 13.8. The summed E-state index contributed by atoms with van der Waals surface area (Å²) in [7, 11) is -2.54. The van der Waals surface area contributed by atoms with Gasteiger partial charge in [0, 0.05) is 11.8 Å². The molecule has 0 unspecified atom stereocenters. The lowest BCUT2D eigenvalue weighted by molar-refractivity contribution is -0.0910. The van der Waals surface area contributed by atoms with Crippen molar-refractivity contribution in [1.82, 2.24) is 0 Å². The van der Waals surface area contributed by atoms with E-state index >= 15 is 0 Å². The Labute approximate surface area is 222 Å². The first-order chi connectivity index (χ1) is 17.7. The second kappa shape index (κ2) is 10.9. The van der Waals surface area contributed by atoms with E-state index in [2.05, 4.69) is 95.3 Å². The summed E-state index contributed by atoms with van der Waals surface area (Å²) in [5, 5.41) is 12.0. The average molecular weight is 527 g/mol. The summed E-state index contributed by atoms with van der Waals surface area (Å²) in [5.74, 6) is 1.44.